The number of aryl methyl sites for hydroxylation is 2. The topological polar surface area (TPSA) is 15.3 Å². The maximum Gasteiger partial charge on any atom is 0.0204 e. The van der Waals surface area contributed by atoms with E-state index in [0.29, 0.717) is 0 Å². The minimum absolute atomic E-state index is 1.16. The molecule has 0 amide bonds. The Balaban J connectivity index is 1.66. The van der Waals surface area contributed by atoms with Crippen LogP contribution in [0.2, 0.25) is 0 Å². The lowest BCUT2D eigenvalue weighted by Crippen LogP contribution is -2.43. The van der Waals surface area contributed by atoms with E-state index in [1.165, 1.54) is 54.5 Å². The SMILES string of the molecule is Cc1cc(CCCCN2CCNCC2)ccc1Br. The normalized spacial score (nSPS) is 17.0. The minimum atomic E-state index is 1.16. The van der Waals surface area contributed by atoms with Crippen molar-refractivity contribution in [3.63, 3.8) is 0 Å². The van der Waals surface area contributed by atoms with Crippen LogP contribution in [0.5, 0.6) is 0 Å². The molecule has 0 saturated carbocycles. The van der Waals surface area contributed by atoms with Crippen molar-refractivity contribution in [2.45, 2.75) is 26.2 Å². The lowest BCUT2D eigenvalue weighted by molar-refractivity contribution is 0.237. The van der Waals surface area contributed by atoms with Gasteiger partial charge in [-0.2, -0.15) is 0 Å². The average Bonchev–Trinajstić information content (AvgIpc) is 2.40. The minimum Gasteiger partial charge on any atom is -0.314 e. The molecule has 1 aliphatic rings. The second kappa shape index (κ2) is 7.27. The third kappa shape index (κ3) is 4.38. The van der Waals surface area contributed by atoms with Crippen molar-refractivity contribution in [3.8, 4) is 0 Å². The van der Waals surface area contributed by atoms with Crippen LogP contribution in [0.3, 0.4) is 0 Å². The highest BCUT2D eigenvalue weighted by Gasteiger charge is 2.08. The molecule has 0 aromatic heterocycles. The van der Waals surface area contributed by atoms with Crippen LogP contribution in [0.1, 0.15) is 24.0 Å². The molecule has 0 atom stereocenters. The molecule has 1 heterocycles. The number of rotatable bonds is 5. The first kappa shape index (κ1) is 14.0. The molecular formula is C15H23BrN2. The molecule has 1 aromatic carbocycles. The summed E-state index contributed by atoms with van der Waals surface area (Å²) in [5.41, 5.74) is 2.81. The van der Waals surface area contributed by atoms with Gasteiger partial charge in [0.2, 0.25) is 0 Å². The van der Waals surface area contributed by atoms with Crippen LogP contribution in [-0.4, -0.2) is 37.6 Å². The van der Waals surface area contributed by atoms with E-state index < -0.39 is 0 Å². The van der Waals surface area contributed by atoms with E-state index in [1.807, 2.05) is 0 Å². The van der Waals surface area contributed by atoms with Gasteiger partial charge in [0.25, 0.3) is 0 Å². The largest absolute Gasteiger partial charge is 0.314 e. The molecule has 0 radical (unpaired) electrons. The van der Waals surface area contributed by atoms with Crippen LogP contribution in [0.15, 0.2) is 22.7 Å². The van der Waals surface area contributed by atoms with Gasteiger partial charge < -0.3 is 10.2 Å². The number of nitrogens with zero attached hydrogens (tertiary/aromatic N) is 1. The monoisotopic (exact) mass is 310 g/mol. The van der Waals surface area contributed by atoms with E-state index in [9.17, 15) is 0 Å². The van der Waals surface area contributed by atoms with Gasteiger partial charge in [-0.25, -0.2) is 0 Å². The van der Waals surface area contributed by atoms with Crippen LogP contribution in [0, 0.1) is 6.92 Å². The zero-order chi connectivity index (χ0) is 12.8. The zero-order valence-electron chi connectivity index (χ0n) is 11.2. The first-order valence-electron chi connectivity index (χ1n) is 6.94. The Morgan fingerprint density at radius 2 is 2.00 bits per heavy atom. The van der Waals surface area contributed by atoms with Crippen LogP contribution in [-0.2, 0) is 6.42 Å². The van der Waals surface area contributed by atoms with E-state index in [4.69, 9.17) is 0 Å². The fourth-order valence-corrected chi connectivity index (χ4v) is 2.71. The molecule has 18 heavy (non-hydrogen) atoms. The second-order valence-electron chi connectivity index (χ2n) is 5.13. The van der Waals surface area contributed by atoms with E-state index in [-0.39, 0.29) is 0 Å². The highest BCUT2D eigenvalue weighted by atomic mass is 79.9. The summed E-state index contributed by atoms with van der Waals surface area (Å²) in [4.78, 5) is 2.57. The summed E-state index contributed by atoms with van der Waals surface area (Å²) >= 11 is 3.55. The van der Waals surface area contributed by atoms with Crippen LogP contribution in [0.25, 0.3) is 0 Å². The van der Waals surface area contributed by atoms with Crippen LogP contribution in [0.4, 0.5) is 0 Å². The van der Waals surface area contributed by atoms with Gasteiger partial charge in [0.1, 0.15) is 0 Å². The molecule has 0 bridgehead atoms. The molecule has 1 aliphatic heterocycles. The van der Waals surface area contributed by atoms with E-state index >= 15 is 0 Å². The molecule has 1 N–H and O–H groups in total. The maximum atomic E-state index is 3.55. The number of hydrogen-bond donors (Lipinski definition) is 1. The van der Waals surface area contributed by atoms with Crippen LogP contribution < -0.4 is 5.32 Å². The van der Waals surface area contributed by atoms with E-state index in [2.05, 4.69) is 51.3 Å². The Morgan fingerprint density at radius 1 is 1.22 bits per heavy atom. The lowest BCUT2D eigenvalue weighted by atomic mass is 10.1. The highest BCUT2D eigenvalue weighted by Crippen LogP contribution is 2.18. The summed E-state index contributed by atoms with van der Waals surface area (Å²) in [6.07, 6.45) is 3.82. The summed E-state index contributed by atoms with van der Waals surface area (Å²) in [7, 11) is 0. The Hall–Kier alpha value is -0.380. The van der Waals surface area contributed by atoms with Crippen molar-refractivity contribution in [1.82, 2.24) is 10.2 Å². The van der Waals surface area contributed by atoms with Crippen molar-refractivity contribution >= 4 is 15.9 Å². The van der Waals surface area contributed by atoms with Gasteiger partial charge in [-0.15, -0.1) is 0 Å². The third-order valence-corrected chi connectivity index (χ3v) is 4.51. The smallest absolute Gasteiger partial charge is 0.0204 e. The molecule has 1 saturated heterocycles. The van der Waals surface area contributed by atoms with Crippen molar-refractivity contribution < 1.29 is 0 Å². The summed E-state index contributed by atoms with van der Waals surface area (Å²) < 4.78 is 1.21. The molecular weight excluding hydrogens is 288 g/mol. The summed E-state index contributed by atoms with van der Waals surface area (Å²) in [6.45, 7) is 8.18. The molecule has 1 fully saturated rings. The van der Waals surface area contributed by atoms with Gasteiger partial charge in [-0.05, 0) is 49.9 Å². The van der Waals surface area contributed by atoms with Gasteiger partial charge in [-0.3, -0.25) is 0 Å². The molecule has 0 spiro atoms. The Bertz CT molecular complexity index is 373. The predicted molar refractivity (Wildman–Crippen MR) is 81.1 cm³/mol. The fraction of sp³-hybridized carbons (Fsp3) is 0.600. The van der Waals surface area contributed by atoms with Gasteiger partial charge in [0.05, 0.1) is 0 Å². The van der Waals surface area contributed by atoms with Crippen molar-refractivity contribution in [3.05, 3.63) is 33.8 Å². The summed E-state index contributed by atoms with van der Waals surface area (Å²) in [5.74, 6) is 0. The van der Waals surface area contributed by atoms with Crippen molar-refractivity contribution in [2.75, 3.05) is 32.7 Å². The zero-order valence-corrected chi connectivity index (χ0v) is 12.8. The maximum absolute atomic E-state index is 3.55. The summed E-state index contributed by atoms with van der Waals surface area (Å²) in [6, 6.07) is 6.71. The first-order valence-corrected chi connectivity index (χ1v) is 7.73. The number of unbranched alkanes of at least 4 members (excludes halogenated alkanes) is 1. The first-order chi connectivity index (χ1) is 8.75. The van der Waals surface area contributed by atoms with Crippen molar-refractivity contribution in [2.24, 2.45) is 0 Å². The average molecular weight is 311 g/mol. The Morgan fingerprint density at radius 3 is 2.72 bits per heavy atom. The third-order valence-electron chi connectivity index (χ3n) is 3.62. The predicted octanol–water partition coefficient (Wildman–Crippen LogP) is 2.99. The van der Waals surface area contributed by atoms with Gasteiger partial charge in [0, 0.05) is 30.7 Å². The molecule has 100 valence electrons. The lowest BCUT2D eigenvalue weighted by Gasteiger charge is -2.27. The second-order valence-corrected chi connectivity index (χ2v) is 5.99. The number of nitrogens with one attached hydrogen (secondary N) is 1. The van der Waals surface area contributed by atoms with E-state index in [1.54, 1.807) is 0 Å². The molecule has 1 aromatic rings. The molecule has 2 nitrogen and oxygen atoms in total. The molecule has 0 aliphatic carbocycles. The number of hydrogen-bond acceptors (Lipinski definition) is 2. The molecule has 2 rings (SSSR count). The van der Waals surface area contributed by atoms with E-state index in [0.717, 1.165) is 13.1 Å². The summed E-state index contributed by atoms with van der Waals surface area (Å²) in [5, 5.41) is 3.40. The van der Waals surface area contributed by atoms with Gasteiger partial charge >= 0.3 is 0 Å². The van der Waals surface area contributed by atoms with Crippen LogP contribution >= 0.6 is 15.9 Å². The Kier molecular flexibility index (Phi) is 5.67. The van der Waals surface area contributed by atoms with Crippen molar-refractivity contribution in [1.29, 1.82) is 0 Å². The van der Waals surface area contributed by atoms with Gasteiger partial charge in [0.15, 0.2) is 0 Å². The number of benzene rings is 1. The quantitative estimate of drug-likeness (QED) is 0.841. The molecule has 3 heteroatoms. The Labute approximate surface area is 119 Å². The van der Waals surface area contributed by atoms with Gasteiger partial charge in [-0.1, -0.05) is 28.1 Å². The number of piperazine rings is 1. The molecule has 0 unspecified atom stereocenters. The highest BCUT2D eigenvalue weighted by molar-refractivity contribution is 9.10. The fourth-order valence-electron chi connectivity index (χ4n) is 2.46. The number of halogens is 1. The standard InChI is InChI=1S/C15H23BrN2/c1-13-12-14(5-6-15(13)16)4-2-3-9-18-10-7-17-8-11-18/h5-6,12,17H,2-4,7-11H2,1H3.